The average Bonchev–Trinajstić information content (AvgIpc) is 2.88. The maximum atomic E-state index is 6.03. The van der Waals surface area contributed by atoms with Gasteiger partial charge in [0, 0.05) is 17.4 Å². The Hall–Kier alpha value is -1.13. The summed E-state index contributed by atoms with van der Waals surface area (Å²) in [6, 6.07) is 6.24. The molecule has 0 spiro atoms. The number of aromatic nitrogens is 2. The Morgan fingerprint density at radius 1 is 1.37 bits per heavy atom. The highest BCUT2D eigenvalue weighted by molar-refractivity contribution is 7.10. The predicted molar refractivity (Wildman–Crippen MR) is 81.9 cm³/mol. The van der Waals surface area contributed by atoms with Crippen LogP contribution in [0.4, 0.5) is 5.82 Å². The van der Waals surface area contributed by atoms with Crippen LogP contribution in [0.1, 0.15) is 37.5 Å². The highest BCUT2D eigenvalue weighted by Crippen LogP contribution is 2.29. The first-order chi connectivity index (χ1) is 9.10. The molecule has 0 bridgehead atoms. The second kappa shape index (κ2) is 6.35. The Morgan fingerprint density at radius 2 is 2.16 bits per heavy atom. The highest BCUT2D eigenvalue weighted by atomic mass is 35.5. The molecule has 2 aromatic heterocycles. The molecule has 1 atom stereocenters. The molecule has 0 amide bonds. The fourth-order valence-electron chi connectivity index (χ4n) is 1.89. The van der Waals surface area contributed by atoms with E-state index in [4.69, 9.17) is 11.6 Å². The van der Waals surface area contributed by atoms with Crippen molar-refractivity contribution in [1.82, 2.24) is 9.97 Å². The van der Waals surface area contributed by atoms with E-state index in [0.717, 1.165) is 18.1 Å². The van der Waals surface area contributed by atoms with E-state index in [9.17, 15) is 0 Å². The van der Waals surface area contributed by atoms with Crippen molar-refractivity contribution in [3.05, 3.63) is 39.4 Å². The minimum Gasteiger partial charge on any atom is -0.362 e. The van der Waals surface area contributed by atoms with Gasteiger partial charge in [0.25, 0.3) is 0 Å². The molecule has 2 heterocycles. The molecule has 0 aromatic carbocycles. The molecule has 5 heteroatoms. The zero-order chi connectivity index (χ0) is 13.8. The van der Waals surface area contributed by atoms with Gasteiger partial charge in [0.15, 0.2) is 0 Å². The first-order valence-electron chi connectivity index (χ1n) is 6.43. The number of nitrogens with zero attached hydrogens (tertiary/aromatic N) is 2. The smallest absolute Gasteiger partial charge is 0.134 e. The quantitative estimate of drug-likeness (QED) is 0.822. The summed E-state index contributed by atoms with van der Waals surface area (Å²) in [5.74, 6) is 2.03. The van der Waals surface area contributed by atoms with Gasteiger partial charge < -0.3 is 5.32 Å². The van der Waals surface area contributed by atoms with Crippen LogP contribution in [-0.2, 0) is 6.42 Å². The summed E-state index contributed by atoms with van der Waals surface area (Å²) in [6.07, 6.45) is 0.778. The van der Waals surface area contributed by atoms with Crippen LogP contribution in [0, 0.1) is 5.92 Å². The molecule has 2 rings (SSSR count). The topological polar surface area (TPSA) is 37.8 Å². The second-order valence-electron chi connectivity index (χ2n) is 4.73. The largest absolute Gasteiger partial charge is 0.362 e. The van der Waals surface area contributed by atoms with E-state index in [1.165, 1.54) is 4.88 Å². The van der Waals surface area contributed by atoms with Gasteiger partial charge in [-0.25, -0.2) is 9.97 Å². The zero-order valence-electron chi connectivity index (χ0n) is 11.4. The number of rotatable bonds is 5. The minimum absolute atomic E-state index is 0.246. The summed E-state index contributed by atoms with van der Waals surface area (Å²) in [6.45, 7) is 6.41. The van der Waals surface area contributed by atoms with Crippen LogP contribution < -0.4 is 5.32 Å². The molecular formula is C14H18ClN3S. The van der Waals surface area contributed by atoms with Crippen molar-refractivity contribution >= 4 is 28.8 Å². The third-order valence-corrected chi connectivity index (χ3v) is 4.03. The van der Waals surface area contributed by atoms with Gasteiger partial charge >= 0.3 is 0 Å². The molecule has 102 valence electrons. The maximum absolute atomic E-state index is 6.03. The van der Waals surface area contributed by atoms with Crippen molar-refractivity contribution in [2.75, 3.05) is 5.32 Å². The number of hydrogen-bond donors (Lipinski definition) is 1. The molecule has 0 radical (unpaired) electrons. The van der Waals surface area contributed by atoms with E-state index in [2.05, 4.69) is 46.6 Å². The third-order valence-electron chi connectivity index (χ3n) is 2.88. The standard InChI is InChI=1S/C14H18ClN3S/c1-4-12-16-11(15)8-13(17-12)18-14(9(2)3)10-6-5-7-19-10/h5-9,14H,4H2,1-3H3,(H,16,17,18). The lowest BCUT2D eigenvalue weighted by Crippen LogP contribution is -2.17. The van der Waals surface area contributed by atoms with E-state index in [1.54, 1.807) is 17.4 Å². The summed E-state index contributed by atoms with van der Waals surface area (Å²) in [4.78, 5) is 9.97. The van der Waals surface area contributed by atoms with E-state index < -0.39 is 0 Å². The van der Waals surface area contributed by atoms with Crippen LogP contribution in [-0.4, -0.2) is 9.97 Å². The monoisotopic (exact) mass is 295 g/mol. The van der Waals surface area contributed by atoms with Crippen molar-refractivity contribution in [1.29, 1.82) is 0 Å². The molecule has 19 heavy (non-hydrogen) atoms. The van der Waals surface area contributed by atoms with Gasteiger partial charge in [0.1, 0.15) is 16.8 Å². The van der Waals surface area contributed by atoms with Gasteiger partial charge in [-0.15, -0.1) is 11.3 Å². The number of thiophene rings is 1. The number of hydrogen-bond acceptors (Lipinski definition) is 4. The molecule has 2 aromatic rings. The summed E-state index contributed by atoms with van der Waals surface area (Å²) in [5, 5.41) is 6.05. The fraction of sp³-hybridized carbons (Fsp3) is 0.429. The SMILES string of the molecule is CCc1nc(Cl)cc(NC(c2cccs2)C(C)C)n1. The number of halogens is 1. The lowest BCUT2D eigenvalue weighted by molar-refractivity contribution is 0.551. The normalized spacial score (nSPS) is 12.7. The summed E-state index contributed by atoms with van der Waals surface area (Å²) < 4.78 is 0. The van der Waals surface area contributed by atoms with Crippen molar-refractivity contribution in [3.63, 3.8) is 0 Å². The van der Waals surface area contributed by atoms with E-state index in [1.807, 2.05) is 6.92 Å². The highest BCUT2D eigenvalue weighted by Gasteiger charge is 2.17. The Morgan fingerprint density at radius 3 is 2.74 bits per heavy atom. The van der Waals surface area contributed by atoms with E-state index in [0.29, 0.717) is 11.1 Å². The first kappa shape index (κ1) is 14.3. The lowest BCUT2D eigenvalue weighted by atomic mass is 10.0. The van der Waals surface area contributed by atoms with Crippen LogP contribution in [0.3, 0.4) is 0 Å². The van der Waals surface area contributed by atoms with Crippen LogP contribution in [0.5, 0.6) is 0 Å². The molecule has 0 aliphatic rings. The Bertz CT molecular complexity index is 525. The van der Waals surface area contributed by atoms with Gasteiger partial charge in [-0.1, -0.05) is 38.4 Å². The Balaban J connectivity index is 2.24. The molecule has 0 saturated carbocycles. The molecule has 1 N–H and O–H groups in total. The molecule has 0 aliphatic heterocycles. The maximum Gasteiger partial charge on any atom is 0.134 e. The van der Waals surface area contributed by atoms with Crippen molar-refractivity contribution in [2.24, 2.45) is 5.92 Å². The molecule has 3 nitrogen and oxygen atoms in total. The summed E-state index contributed by atoms with van der Waals surface area (Å²) >= 11 is 7.78. The molecule has 0 fully saturated rings. The third kappa shape index (κ3) is 3.67. The number of aryl methyl sites for hydroxylation is 1. The number of nitrogens with one attached hydrogen (secondary N) is 1. The van der Waals surface area contributed by atoms with Gasteiger partial charge in [-0.2, -0.15) is 0 Å². The van der Waals surface area contributed by atoms with Crippen LogP contribution in [0.25, 0.3) is 0 Å². The van der Waals surface area contributed by atoms with Crippen molar-refractivity contribution in [3.8, 4) is 0 Å². The van der Waals surface area contributed by atoms with Gasteiger partial charge in [0.05, 0.1) is 6.04 Å². The zero-order valence-corrected chi connectivity index (χ0v) is 12.9. The van der Waals surface area contributed by atoms with E-state index in [-0.39, 0.29) is 6.04 Å². The average molecular weight is 296 g/mol. The van der Waals surface area contributed by atoms with Gasteiger partial charge in [0.2, 0.25) is 0 Å². The van der Waals surface area contributed by atoms with Crippen molar-refractivity contribution < 1.29 is 0 Å². The Labute approximate surface area is 123 Å². The first-order valence-corrected chi connectivity index (χ1v) is 7.69. The second-order valence-corrected chi connectivity index (χ2v) is 6.09. The number of anilines is 1. The van der Waals surface area contributed by atoms with E-state index >= 15 is 0 Å². The molecule has 1 unspecified atom stereocenters. The lowest BCUT2D eigenvalue weighted by Gasteiger charge is -2.22. The molecule has 0 saturated heterocycles. The molecular weight excluding hydrogens is 278 g/mol. The van der Waals surface area contributed by atoms with Crippen molar-refractivity contribution in [2.45, 2.75) is 33.2 Å². The van der Waals surface area contributed by atoms with Crippen LogP contribution in [0.15, 0.2) is 23.6 Å². The van der Waals surface area contributed by atoms with Crippen LogP contribution >= 0.6 is 22.9 Å². The fourth-order valence-corrected chi connectivity index (χ4v) is 3.04. The minimum atomic E-state index is 0.246. The van der Waals surface area contributed by atoms with Crippen LogP contribution in [0.2, 0.25) is 5.15 Å². The summed E-state index contributed by atoms with van der Waals surface area (Å²) in [5.41, 5.74) is 0. The summed E-state index contributed by atoms with van der Waals surface area (Å²) in [7, 11) is 0. The molecule has 0 aliphatic carbocycles. The van der Waals surface area contributed by atoms with Gasteiger partial charge in [-0.05, 0) is 17.4 Å². The van der Waals surface area contributed by atoms with Gasteiger partial charge in [-0.3, -0.25) is 0 Å². The Kier molecular flexibility index (Phi) is 4.77. The predicted octanol–water partition coefficient (Wildman–Crippen LogP) is 4.56.